The molecule has 6 heteroatoms. The van der Waals surface area contributed by atoms with E-state index >= 15 is 0 Å². The highest BCUT2D eigenvalue weighted by atomic mass is 19.1. The maximum Gasteiger partial charge on any atom is 0.145 e. The summed E-state index contributed by atoms with van der Waals surface area (Å²) in [5.74, 6) is 0.380. The van der Waals surface area contributed by atoms with Crippen LogP contribution in [0, 0.1) is 5.82 Å². The van der Waals surface area contributed by atoms with Crippen LogP contribution in [0.25, 0.3) is 22.2 Å². The standard InChI is InChI=1S/C18H14FN5/c19-15-4-2-1-3-13(15)8-21-18-11-20-17-7-12(5-6-16(17)24-18)14-9-22-23-10-14/h1-7,9-11H,8H2,(H,21,24)(H,22,23). The predicted molar refractivity (Wildman–Crippen MR) is 90.8 cm³/mol. The van der Waals surface area contributed by atoms with Crippen LogP contribution in [0.4, 0.5) is 10.2 Å². The molecule has 0 aliphatic heterocycles. The molecule has 0 fully saturated rings. The number of hydrogen-bond donors (Lipinski definition) is 2. The molecular weight excluding hydrogens is 305 g/mol. The van der Waals surface area contributed by atoms with Crippen molar-refractivity contribution < 1.29 is 4.39 Å². The van der Waals surface area contributed by atoms with Gasteiger partial charge >= 0.3 is 0 Å². The van der Waals surface area contributed by atoms with E-state index in [-0.39, 0.29) is 5.82 Å². The number of anilines is 1. The van der Waals surface area contributed by atoms with Crippen molar-refractivity contribution in [2.45, 2.75) is 6.54 Å². The topological polar surface area (TPSA) is 66.5 Å². The molecule has 2 aromatic carbocycles. The van der Waals surface area contributed by atoms with E-state index in [1.165, 1.54) is 6.07 Å². The number of aromatic amines is 1. The largest absolute Gasteiger partial charge is 0.365 e. The average Bonchev–Trinajstić information content (AvgIpc) is 3.15. The number of hydrogen-bond acceptors (Lipinski definition) is 4. The van der Waals surface area contributed by atoms with E-state index in [1.54, 1.807) is 24.5 Å². The highest BCUT2D eigenvalue weighted by Crippen LogP contribution is 2.22. The average molecular weight is 319 g/mol. The third-order valence-corrected chi connectivity index (χ3v) is 3.79. The van der Waals surface area contributed by atoms with Gasteiger partial charge in [0.1, 0.15) is 11.6 Å². The van der Waals surface area contributed by atoms with Gasteiger partial charge in [-0.05, 0) is 23.8 Å². The maximum absolute atomic E-state index is 13.6. The molecule has 2 heterocycles. The molecule has 0 amide bonds. The van der Waals surface area contributed by atoms with Gasteiger partial charge in [-0.25, -0.2) is 9.37 Å². The molecule has 24 heavy (non-hydrogen) atoms. The van der Waals surface area contributed by atoms with Crippen LogP contribution in [-0.4, -0.2) is 20.2 Å². The quantitative estimate of drug-likeness (QED) is 0.601. The second-order valence-corrected chi connectivity index (χ2v) is 5.39. The maximum atomic E-state index is 13.6. The predicted octanol–water partition coefficient (Wildman–Crippen LogP) is 3.77. The van der Waals surface area contributed by atoms with E-state index < -0.39 is 0 Å². The Hall–Kier alpha value is -3.28. The van der Waals surface area contributed by atoms with Crippen molar-refractivity contribution in [3.05, 3.63) is 72.4 Å². The number of nitrogens with zero attached hydrogens (tertiary/aromatic N) is 3. The fraction of sp³-hybridized carbons (Fsp3) is 0.0556. The first kappa shape index (κ1) is 14.3. The van der Waals surface area contributed by atoms with E-state index in [1.807, 2.05) is 30.5 Å². The van der Waals surface area contributed by atoms with Crippen molar-refractivity contribution in [2.75, 3.05) is 5.32 Å². The number of fused-ring (bicyclic) bond motifs is 1. The van der Waals surface area contributed by atoms with E-state index in [0.717, 1.165) is 22.2 Å². The van der Waals surface area contributed by atoms with Crippen LogP contribution in [0.2, 0.25) is 0 Å². The molecule has 0 atom stereocenters. The molecule has 4 rings (SSSR count). The molecule has 0 radical (unpaired) electrons. The Kier molecular flexibility index (Phi) is 3.63. The Morgan fingerprint density at radius 1 is 1.00 bits per heavy atom. The normalized spacial score (nSPS) is 10.9. The van der Waals surface area contributed by atoms with Crippen molar-refractivity contribution in [3.63, 3.8) is 0 Å². The number of rotatable bonds is 4. The molecule has 0 spiro atoms. The molecule has 0 aliphatic carbocycles. The molecule has 118 valence electrons. The third kappa shape index (κ3) is 2.81. The van der Waals surface area contributed by atoms with Gasteiger partial charge in [0.25, 0.3) is 0 Å². The Labute approximate surface area is 137 Å². The number of halogens is 1. The van der Waals surface area contributed by atoms with Gasteiger partial charge in [-0.2, -0.15) is 5.10 Å². The smallest absolute Gasteiger partial charge is 0.145 e. The third-order valence-electron chi connectivity index (χ3n) is 3.79. The summed E-state index contributed by atoms with van der Waals surface area (Å²) in [5, 5.41) is 9.85. The zero-order valence-electron chi connectivity index (χ0n) is 12.7. The zero-order valence-corrected chi connectivity index (χ0v) is 12.7. The van der Waals surface area contributed by atoms with Gasteiger partial charge in [0, 0.05) is 23.9 Å². The van der Waals surface area contributed by atoms with Crippen LogP contribution in [0.3, 0.4) is 0 Å². The fourth-order valence-electron chi connectivity index (χ4n) is 2.51. The molecule has 0 bridgehead atoms. The monoisotopic (exact) mass is 319 g/mol. The van der Waals surface area contributed by atoms with Crippen molar-refractivity contribution >= 4 is 16.9 Å². The van der Waals surface area contributed by atoms with E-state index in [2.05, 4.69) is 25.5 Å². The summed E-state index contributed by atoms with van der Waals surface area (Å²) in [6, 6.07) is 12.5. The number of nitrogens with one attached hydrogen (secondary N) is 2. The first-order valence-electron chi connectivity index (χ1n) is 7.53. The Morgan fingerprint density at radius 2 is 1.92 bits per heavy atom. The van der Waals surface area contributed by atoms with Crippen molar-refractivity contribution in [1.82, 2.24) is 20.2 Å². The SMILES string of the molecule is Fc1ccccc1CNc1cnc2cc(-c3cn[nH]c3)ccc2n1. The van der Waals surface area contributed by atoms with Crippen molar-refractivity contribution in [2.24, 2.45) is 0 Å². The lowest BCUT2D eigenvalue weighted by Gasteiger charge is -2.07. The van der Waals surface area contributed by atoms with Gasteiger partial charge in [0.15, 0.2) is 0 Å². The zero-order chi connectivity index (χ0) is 16.4. The number of H-pyrrole nitrogens is 1. The van der Waals surface area contributed by atoms with Gasteiger partial charge < -0.3 is 5.32 Å². The molecule has 4 aromatic rings. The number of benzene rings is 2. The fourth-order valence-corrected chi connectivity index (χ4v) is 2.51. The summed E-state index contributed by atoms with van der Waals surface area (Å²) >= 11 is 0. The minimum absolute atomic E-state index is 0.233. The summed E-state index contributed by atoms with van der Waals surface area (Å²) in [4.78, 5) is 8.96. The van der Waals surface area contributed by atoms with Crippen molar-refractivity contribution in [3.8, 4) is 11.1 Å². The Morgan fingerprint density at radius 3 is 2.75 bits per heavy atom. The van der Waals surface area contributed by atoms with E-state index in [9.17, 15) is 4.39 Å². The summed E-state index contributed by atoms with van der Waals surface area (Å²) < 4.78 is 13.6. The number of aromatic nitrogens is 4. The Bertz CT molecular complexity index is 982. The highest BCUT2D eigenvalue weighted by molar-refractivity contribution is 5.81. The van der Waals surface area contributed by atoms with Crippen LogP contribution in [0.1, 0.15) is 5.56 Å². The minimum Gasteiger partial charge on any atom is -0.365 e. The van der Waals surface area contributed by atoms with Crippen LogP contribution in [0.5, 0.6) is 0 Å². The molecule has 5 nitrogen and oxygen atoms in total. The second-order valence-electron chi connectivity index (χ2n) is 5.39. The summed E-state index contributed by atoms with van der Waals surface area (Å²) in [6.45, 7) is 0.361. The van der Waals surface area contributed by atoms with E-state index in [4.69, 9.17) is 0 Å². The van der Waals surface area contributed by atoms with Crippen LogP contribution in [0.15, 0.2) is 61.1 Å². The van der Waals surface area contributed by atoms with Crippen LogP contribution in [-0.2, 0) is 6.54 Å². The molecule has 2 aromatic heterocycles. The summed E-state index contributed by atoms with van der Waals surface area (Å²) in [5.41, 5.74) is 4.19. The molecule has 0 saturated carbocycles. The van der Waals surface area contributed by atoms with Gasteiger partial charge in [0.2, 0.25) is 0 Å². The van der Waals surface area contributed by atoms with E-state index in [0.29, 0.717) is 17.9 Å². The lowest BCUT2D eigenvalue weighted by Crippen LogP contribution is -2.03. The second kappa shape index (κ2) is 6.08. The van der Waals surface area contributed by atoms with Gasteiger partial charge in [-0.3, -0.25) is 10.1 Å². The lowest BCUT2D eigenvalue weighted by atomic mass is 10.1. The molecule has 0 aliphatic rings. The van der Waals surface area contributed by atoms with Crippen molar-refractivity contribution in [1.29, 1.82) is 0 Å². The summed E-state index contributed by atoms with van der Waals surface area (Å²) in [6.07, 6.45) is 5.25. The molecule has 0 unspecified atom stereocenters. The van der Waals surface area contributed by atoms with Gasteiger partial charge in [-0.15, -0.1) is 0 Å². The van der Waals surface area contributed by atoms with Crippen LogP contribution >= 0.6 is 0 Å². The molecule has 0 saturated heterocycles. The molecule has 2 N–H and O–H groups in total. The highest BCUT2D eigenvalue weighted by Gasteiger charge is 2.05. The first-order chi connectivity index (χ1) is 11.8. The van der Waals surface area contributed by atoms with Crippen LogP contribution < -0.4 is 5.32 Å². The first-order valence-corrected chi connectivity index (χ1v) is 7.53. The van der Waals surface area contributed by atoms with Gasteiger partial charge in [0.05, 0.1) is 23.4 Å². The lowest BCUT2D eigenvalue weighted by molar-refractivity contribution is 0.613. The molecular formula is C18H14FN5. The minimum atomic E-state index is -0.233. The van der Waals surface area contributed by atoms with Gasteiger partial charge in [-0.1, -0.05) is 24.3 Å². The Balaban J connectivity index is 1.57. The summed E-state index contributed by atoms with van der Waals surface area (Å²) in [7, 11) is 0.